The molecule has 0 aromatic carbocycles. The maximum absolute atomic E-state index is 6.06. The van der Waals surface area contributed by atoms with Gasteiger partial charge < -0.3 is 20.9 Å². The molecular weight excluding hydrogens is 316 g/mol. The molecule has 0 saturated carbocycles. The quantitative estimate of drug-likeness (QED) is 0.827. The van der Waals surface area contributed by atoms with Crippen molar-refractivity contribution in [1.82, 2.24) is 25.3 Å². The van der Waals surface area contributed by atoms with E-state index in [9.17, 15) is 0 Å². The number of nitrogens with two attached hydrogens (primary N) is 1. The second kappa shape index (κ2) is 5.93. The van der Waals surface area contributed by atoms with Crippen LogP contribution in [0.3, 0.4) is 0 Å². The van der Waals surface area contributed by atoms with Crippen molar-refractivity contribution in [1.29, 1.82) is 0 Å². The predicted molar refractivity (Wildman–Crippen MR) is 91.1 cm³/mol. The molecule has 0 aliphatic carbocycles. The van der Waals surface area contributed by atoms with E-state index in [0.29, 0.717) is 17.1 Å². The Labute approximate surface area is 139 Å². The molecule has 2 aromatic rings. The number of halogens is 1. The van der Waals surface area contributed by atoms with Gasteiger partial charge >= 0.3 is 0 Å². The third kappa shape index (κ3) is 2.72. The Hall–Kier alpha value is -1.93. The third-order valence-corrected chi connectivity index (χ3v) is 4.57. The van der Waals surface area contributed by atoms with Gasteiger partial charge in [0.05, 0.1) is 0 Å². The van der Waals surface area contributed by atoms with Crippen molar-refractivity contribution in [2.45, 2.75) is 12.8 Å². The number of rotatable bonds is 2. The normalized spacial score (nSPS) is 18.8. The van der Waals surface area contributed by atoms with E-state index in [4.69, 9.17) is 22.3 Å². The van der Waals surface area contributed by atoms with Crippen molar-refractivity contribution >= 4 is 40.3 Å². The molecule has 0 radical (unpaired) electrons. The number of aromatic nitrogens is 4. The molecule has 2 fully saturated rings. The highest BCUT2D eigenvalue weighted by Crippen LogP contribution is 2.29. The summed E-state index contributed by atoms with van der Waals surface area (Å²) in [7, 11) is 0. The molecular formula is C14H19ClN8. The SMILES string of the molecule is Nc1nc2nc(N3CCNCC3)nc(N3CCCC3)c2nc1Cl. The number of fused-ring (bicyclic) bond motifs is 1. The van der Waals surface area contributed by atoms with Crippen LogP contribution in [0.2, 0.25) is 5.15 Å². The summed E-state index contributed by atoms with van der Waals surface area (Å²) >= 11 is 6.06. The van der Waals surface area contributed by atoms with Gasteiger partial charge in [0.25, 0.3) is 0 Å². The first-order valence-corrected chi connectivity index (χ1v) is 8.31. The standard InChI is InChI=1S/C14H19ClN8/c15-10-11(16)19-12-9(18-10)13(22-5-1-2-6-22)21-14(20-12)23-7-3-17-4-8-23/h17H,1-8H2,(H2,16,19,20,21). The number of nitrogen functional groups attached to an aromatic ring is 1. The zero-order valence-electron chi connectivity index (χ0n) is 12.8. The van der Waals surface area contributed by atoms with Crippen LogP contribution in [0.5, 0.6) is 0 Å². The molecule has 2 saturated heterocycles. The molecule has 9 heteroatoms. The summed E-state index contributed by atoms with van der Waals surface area (Å²) in [5.41, 5.74) is 6.96. The van der Waals surface area contributed by atoms with Gasteiger partial charge in [-0.15, -0.1) is 0 Å². The first-order valence-electron chi connectivity index (χ1n) is 7.94. The highest BCUT2D eigenvalue weighted by atomic mass is 35.5. The molecule has 4 rings (SSSR count). The van der Waals surface area contributed by atoms with Crippen molar-refractivity contribution in [2.24, 2.45) is 0 Å². The van der Waals surface area contributed by atoms with Crippen LogP contribution in [0.4, 0.5) is 17.6 Å². The van der Waals surface area contributed by atoms with Gasteiger partial charge in [-0.25, -0.2) is 9.97 Å². The van der Waals surface area contributed by atoms with Gasteiger partial charge in [0.1, 0.15) is 0 Å². The Balaban J connectivity index is 1.86. The lowest BCUT2D eigenvalue weighted by Gasteiger charge is -2.28. The number of anilines is 3. The zero-order valence-corrected chi connectivity index (χ0v) is 13.6. The molecule has 2 aliphatic heterocycles. The minimum absolute atomic E-state index is 0.205. The second-order valence-corrected chi connectivity index (χ2v) is 6.21. The van der Waals surface area contributed by atoms with E-state index >= 15 is 0 Å². The Bertz CT molecular complexity index is 724. The molecule has 2 aromatic heterocycles. The molecule has 23 heavy (non-hydrogen) atoms. The maximum Gasteiger partial charge on any atom is 0.229 e. The topological polar surface area (TPSA) is 96.1 Å². The molecule has 122 valence electrons. The smallest absolute Gasteiger partial charge is 0.229 e. The lowest BCUT2D eigenvalue weighted by atomic mass is 10.3. The van der Waals surface area contributed by atoms with Crippen LogP contribution in [0, 0.1) is 0 Å². The second-order valence-electron chi connectivity index (χ2n) is 5.85. The lowest BCUT2D eigenvalue weighted by molar-refractivity contribution is 0.580. The first kappa shape index (κ1) is 14.6. The van der Waals surface area contributed by atoms with E-state index < -0.39 is 0 Å². The summed E-state index contributed by atoms with van der Waals surface area (Å²) in [5, 5.41) is 3.54. The highest BCUT2D eigenvalue weighted by molar-refractivity contribution is 6.32. The van der Waals surface area contributed by atoms with E-state index in [1.54, 1.807) is 0 Å². The number of nitrogens with one attached hydrogen (secondary N) is 1. The fraction of sp³-hybridized carbons (Fsp3) is 0.571. The monoisotopic (exact) mass is 334 g/mol. The Morgan fingerprint density at radius 1 is 0.913 bits per heavy atom. The summed E-state index contributed by atoms with van der Waals surface area (Å²) in [6, 6.07) is 0. The average Bonchev–Trinajstić information content (AvgIpc) is 3.10. The van der Waals surface area contributed by atoms with Gasteiger partial charge in [-0.05, 0) is 12.8 Å². The van der Waals surface area contributed by atoms with Crippen LogP contribution in [0.25, 0.3) is 11.2 Å². The minimum atomic E-state index is 0.205. The van der Waals surface area contributed by atoms with Gasteiger partial charge in [-0.3, -0.25) is 0 Å². The zero-order chi connectivity index (χ0) is 15.8. The van der Waals surface area contributed by atoms with Crippen molar-refractivity contribution in [3.05, 3.63) is 5.15 Å². The van der Waals surface area contributed by atoms with Crippen molar-refractivity contribution in [3.63, 3.8) is 0 Å². The Kier molecular flexibility index (Phi) is 3.78. The van der Waals surface area contributed by atoms with E-state index in [2.05, 4.69) is 30.1 Å². The number of nitrogens with zero attached hydrogens (tertiary/aromatic N) is 6. The summed E-state index contributed by atoms with van der Waals surface area (Å²) in [5.74, 6) is 1.71. The van der Waals surface area contributed by atoms with Gasteiger partial charge in [0.15, 0.2) is 28.0 Å². The van der Waals surface area contributed by atoms with Gasteiger partial charge in [0.2, 0.25) is 5.95 Å². The average molecular weight is 335 g/mol. The Morgan fingerprint density at radius 2 is 1.65 bits per heavy atom. The number of piperazine rings is 1. The predicted octanol–water partition coefficient (Wildman–Crippen LogP) is 0.665. The third-order valence-electron chi connectivity index (χ3n) is 4.29. The van der Waals surface area contributed by atoms with Crippen LogP contribution in [0.1, 0.15) is 12.8 Å². The minimum Gasteiger partial charge on any atom is -0.381 e. The van der Waals surface area contributed by atoms with Crippen LogP contribution in [-0.2, 0) is 0 Å². The van der Waals surface area contributed by atoms with Crippen LogP contribution in [-0.4, -0.2) is 59.2 Å². The summed E-state index contributed by atoms with van der Waals surface area (Å²) in [6.07, 6.45) is 2.31. The molecule has 0 atom stereocenters. The fourth-order valence-electron chi connectivity index (χ4n) is 3.07. The summed E-state index contributed by atoms with van der Waals surface area (Å²) in [4.78, 5) is 22.5. The van der Waals surface area contributed by atoms with E-state index in [1.807, 2.05) is 0 Å². The van der Waals surface area contributed by atoms with E-state index in [1.165, 1.54) is 0 Å². The van der Waals surface area contributed by atoms with Crippen molar-refractivity contribution in [2.75, 3.05) is 54.8 Å². The molecule has 0 spiro atoms. The molecule has 0 bridgehead atoms. The largest absolute Gasteiger partial charge is 0.381 e. The molecule has 8 nitrogen and oxygen atoms in total. The van der Waals surface area contributed by atoms with E-state index in [-0.39, 0.29) is 11.0 Å². The molecule has 0 amide bonds. The maximum atomic E-state index is 6.06. The van der Waals surface area contributed by atoms with Gasteiger partial charge in [0, 0.05) is 39.3 Å². The number of hydrogen-bond donors (Lipinski definition) is 2. The molecule has 3 N–H and O–H groups in total. The lowest BCUT2D eigenvalue weighted by Crippen LogP contribution is -2.44. The summed E-state index contributed by atoms with van der Waals surface area (Å²) < 4.78 is 0. The summed E-state index contributed by atoms with van der Waals surface area (Å²) in [6.45, 7) is 5.54. The van der Waals surface area contributed by atoms with Crippen LogP contribution in [0.15, 0.2) is 0 Å². The van der Waals surface area contributed by atoms with E-state index in [0.717, 1.165) is 57.9 Å². The molecule has 2 aliphatic rings. The van der Waals surface area contributed by atoms with Gasteiger partial charge in [-0.2, -0.15) is 9.97 Å². The highest BCUT2D eigenvalue weighted by Gasteiger charge is 2.23. The Morgan fingerprint density at radius 3 is 2.39 bits per heavy atom. The first-order chi connectivity index (χ1) is 11.2. The van der Waals surface area contributed by atoms with Gasteiger partial charge in [-0.1, -0.05) is 11.6 Å². The van der Waals surface area contributed by atoms with Crippen LogP contribution >= 0.6 is 11.6 Å². The van der Waals surface area contributed by atoms with Crippen molar-refractivity contribution < 1.29 is 0 Å². The molecule has 0 unspecified atom stereocenters. The van der Waals surface area contributed by atoms with Crippen LogP contribution < -0.4 is 20.9 Å². The number of hydrogen-bond acceptors (Lipinski definition) is 8. The van der Waals surface area contributed by atoms with Crippen molar-refractivity contribution in [3.8, 4) is 0 Å². The fourth-order valence-corrected chi connectivity index (χ4v) is 3.20. The molecule has 4 heterocycles.